The molecule has 0 atom stereocenters. The molecule has 0 spiro atoms. The predicted octanol–water partition coefficient (Wildman–Crippen LogP) is 2.25. The van der Waals surface area contributed by atoms with Crippen molar-refractivity contribution in [3.63, 3.8) is 0 Å². The molecule has 0 radical (unpaired) electrons. The lowest BCUT2D eigenvalue weighted by Gasteiger charge is -2.29. The number of aryl methyl sites for hydroxylation is 1. The zero-order valence-corrected chi connectivity index (χ0v) is 12.7. The minimum Gasteiger partial charge on any atom is -0.393 e. The van der Waals surface area contributed by atoms with Crippen molar-refractivity contribution in [3.8, 4) is 0 Å². The van der Waals surface area contributed by atoms with E-state index in [0.717, 1.165) is 22.0 Å². The lowest BCUT2D eigenvalue weighted by molar-refractivity contribution is 0.0550. The van der Waals surface area contributed by atoms with Gasteiger partial charge in [-0.3, -0.25) is 4.79 Å². The number of amides is 1. The normalized spacial score (nSPS) is 17.2. The van der Waals surface area contributed by atoms with Crippen LogP contribution in [0.5, 0.6) is 0 Å². The molecule has 1 N–H and O–H groups in total. The third-order valence-electron chi connectivity index (χ3n) is 3.37. The SMILES string of the molecule is Cc1nc(CC(C)C)sc1C(=O)N1CCC(O)CC1. The number of carbonyl (C=O) groups excluding carboxylic acids is 1. The molecule has 106 valence electrons. The summed E-state index contributed by atoms with van der Waals surface area (Å²) in [7, 11) is 0. The molecule has 4 nitrogen and oxygen atoms in total. The van der Waals surface area contributed by atoms with Gasteiger partial charge in [-0.2, -0.15) is 0 Å². The van der Waals surface area contributed by atoms with Gasteiger partial charge >= 0.3 is 0 Å². The molecule has 1 aliphatic rings. The van der Waals surface area contributed by atoms with Crippen LogP contribution in [0.1, 0.15) is 47.1 Å². The lowest BCUT2D eigenvalue weighted by atomic mass is 10.1. The molecular formula is C14H22N2O2S. The Morgan fingerprint density at radius 1 is 1.47 bits per heavy atom. The predicted molar refractivity (Wildman–Crippen MR) is 76.5 cm³/mol. The summed E-state index contributed by atoms with van der Waals surface area (Å²) in [5.74, 6) is 0.635. The minimum absolute atomic E-state index is 0.0805. The second kappa shape index (κ2) is 6.01. The van der Waals surface area contributed by atoms with Crippen molar-refractivity contribution in [2.75, 3.05) is 13.1 Å². The van der Waals surface area contributed by atoms with Crippen molar-refractivity contribution in [1.82, 2.24) is 9.88 Å². The van der Waals surface area contributed by atoms with Crippen molar-refractivity contribution in [3.05, 3.63) is 15.6 Å². The van der Waals surface area contributed by atoms with Crippen LogP contribution in [-0.4, -0.2) is 40.1 Å². The van der Waals surface area contributed by atoms with E-state index in [9.17, 15) is 9.90 Å². The van der Waals surface area contributed by atoms with Gasteiger partial charge in [0.1, 0.15) is 4.88 Å². The molecule has 1 saturated heterocycles. The van der Waals surface area contributed by atoms with Gasteiger partial charge in [-0.25, -0.2) is 4.98 Å². The van der Waals surface area contributed by atoms with E-state index in [4.69, 9.17) is 0 Å². The maximum atomic E-state index is 12.4. The van der Waals surface area contributed by atoms with Crippen molar-refractivity contribution < 1.29 is 9.90 Å². The van der Waals surface area contributed by atoms with Crippen molar-refractivity contribution in [2.24, 2.45) is 5.92 Å². The summed E-state index contributed by atoms with van der Waals surface area (Å²) in [5, 5.41) is 10.5. The fourth-order valence-corrected chi connectivity index (χ4v) is 3.54. The van der Waals surface area contributed by atoms with Gasteiger partial charge in [-0.15, -0.1) is 11.3 Å². The van der Waals surface area contributed by atoms with Crippen LogP contribution in [0.4, 0.5) is 0 Å². The molecule has 1 aromatic rings. The Morgan fingerprint density at radius 3 is 2.68 bits per heavy atom. The summed E-state index contributed by atoms with van der Waals surface area (Å²) in [5.41, 5.74) is 0.844. The molecule has 1 aromatic heterocycles. The number of thiazole rings is 1. The average molecular weight is 282 g/mol. The molecule has 0 bridgehead atoms. The van der Waals surface area contributed by atoms with Crippen molar-refractivity contribution in [2.45, 2.75) is 46.1 Å². The standard InChI is InChI=1S/C14H22N2O2S/c1-9(2)8-12-15-10(3)13(19-12)14(18)16-6-4-11(17)5-7-16/h9,11,17H,4-8H2,1-3H3. The average Bonchev–Trinajstić information content (AvgIpc) is 2.69. The van der Waals surface area contributed by atoms with E-state index in [2.05, 4.69) is 18.8 Å². The highest BCUT2D eigenvalue weighted by molar-refractivity contribution is 7.13. The fraction of sp³-hybridized carbons (Fsp3) is 0.714. The molecule has 2 heterocycles. The molecule has 1 aliphatic heterocycles. The van der Waals surface area contributed by atoms with Crippen LogP contribution in [0.2, 0.25) is 0 Å². The number of aliphatic hydroxyl groups excluding tert-OH is 1. The molecule has 0 aromatic carbocycles. The van der Waals surface area contributed by atoms with Crippen LogP contribution in [0, 0.1) is 12.8 Å². The lowest BCUT2D eigenvalue weighted by Crippen LogP contribution is -2.39. The number of hydrogen-bond donors (Lipinski definition) is 1. The highest BCUT2D eigenvalue weighted by Gasteiger charge is 2.25. The van der Waals surface area contributed by atoms with E-state index in [1.807, 2.05) is 11.8 Å². The first-order valence-corrected chi connectivity index (χ1v) is 7.72. The van der Waals surface area contributed by atoms with Crippen LogP contribution >= 0.6 is 11.3 Å². The van der Waals surface area contributed by atoms with Crippen molar-refractivity contribution >= 4 is 17.2 Å². The maximum absolute atomic E-state index is 12.4. The van der Waals surface area contributed by atoms with Gasteiger partial charge in [-0.1, -0.05) is 13.8 Å². The molecule has 1 fully saturated rings. The molecular weight excluding hydrogens is 260 g/mol. The van der Waals surface area contributed by atoms with Gasteiger partial charge < -0.3 is 10.0 Å². The Bertz CT molecular complexity index is 448. The molecule has 0 saturated carbocycles. The summed E-state index contributed by atoms with van der Waals surface area (Å²) in [4.78, 5) is 19.6. The smallest absolute Gasteiger partial charge is 0.265 e. The van der Waals surface area contributed by atoms with Gasteiger partial charge in [0.2, 0.25) is 0 Å². The largest absolute Gasteiger partial charge is 0.393 e. The van der Waals surface area contributed by atoms with Gasteiger partial charge in [0, 0.05) is 19.5 Å². The van der Waals surface area contributed by atoms with E-state index in [-0.39, 0.29) is 12.0 Å². The number of aliphatic hydroxyl groups is 1. The fourth-order valence-electron chi connectivity index (χ4n) is 2.30. The first-order chi connectivity index (χ1) is 8.97. The van der Waals surface area contributed by atoms with Crippen LogP contribution in [0.3, 0.4) is 0 Å². The number of hydrogen-bond acceptors (Lipinski definition) is 4. The molecule has 2 rings (SSSR count). The van der Waals surface area contributed by atoms with Crippen LogP contribution in [0.15, 0.2) is 0 Å². The van der Waals surface area contributed by atoms with Gasteiger partial charge in [0.15, 0.2) is 0 Å². The summed E-state index contributed by atoms with van der Waals surface area (Å²) >= 11 is 1.53. The first kappa shape index (κ1) is 14.5. The van der Waals surface area contributed by atoms with Crippen LogP contribution in [0.25, 0.3) is 0 Å². The number of carbonyl (C=O) groups is 1. The van der Waals surface area contributed by atoms with E-state index >= 15 is 0 Å². The van der Waals surface area contributed by atoms with Gasteiger partial charge in [-0.05, 0) is 25.7 Å². The zero-order valence-electron chi connectivity index (χ0n) is 11.8. The Morgan fingerprint density at radius 2 is 2.11 bits per heavy atom. The second-order valence-electron chi connectivity index (χ2n) is 5.64. The number of nitrogens with zero attached hydrogens (tertiary/aromatic N) is 2. The number of likely N-dealkylation sites (tertiary alicyclic amines) is 1. The van der Waals surface area contributed by atoms with Crippen LogP contribution < -0.4 is 0 Å². The highest BCUT2D eigenvalue weighted by atomic mass is 32.1. The van der Waals surface area contributed by atoms with Crippen LogP contribution in [-0.2, 0) is 6.42 Å². The topological polar surface area (TPSA) is 53.4 Å². The molecule has 1 amide bonds. The first-order valence-electron chi connectivity index (χ1n) is 6.91. The summed E-state index contributed by atoms with van der Waals surface area (Å²) in [6, 6.07) is 0. The third-order valence-corrected chi connectivity index (χ3v) is 4.54. The Balaban J connectivity index is 2.08. The zero-order chi connectivity index (χ0) is 14.0. The van der Waals surface area contributed by atoms with E-state index in [1.54, 1.807) is 0 Å². The monoisotopic (exact) mass is 282 g/mol. The van der Waals surface area contributed by atoms with E-state index in [1.165, 1.54) is 11.3 Å². The summed E-state index contributed by atoms with van der Waals surface area (Å²) in [6.45, 7) is 7.52. The number of aromatic nitrogens is 1. The molecule has 19 heavy (non-hydrogen) atoms. The molecule has 0 aliphatic carbocycles. The summed E-state index contributed by atoms with van der Waals surface area (Å²) in [6.07, 6.45) is 2.05. The van der Waals surface area contributed by atoms with Gasteiger partial charge in [0.25, 0.3) is 5.91 Å². The van der Waals surface area contributed by atoms with Crippen molar-refractivity contribution in [1.29, 1.82) is 0 Å². The van der Waals surface area contributed by atoms with Gasteiger partial charge in [0.05, 0.1) is 16.8 Å². The Hall–Kier alpha value is -0.940. The number of piperidine rings is 1. The minimum atomic E-state index is -0.247. The molecule has 0 unspecified atom stereocenters. The second-order valence-corrected chi connectivity index (χ2v) is 6.73. The Labute approximate surface area is 118 Å². The Kier molecular flexibility index (Phi) is 4.58. The quantitative estimate of drug-likeness (QED) is 0.925. The maximum Gasteiger partial charge on any atom is 0.265 e. The van der Waals surface area contributed by atoms with E-state index in [0.29, 0.717) is 31.8 Å². The highest BCUT2D eigenvalue weighted by Crippen LogP contribution is 2.23. The summed E-state index contributed by atoms with van der Waals surface area (Å²) < 4.78 is 0. The third kappa shape index (κ3) is 3.54. The molecule has 5 heteroatoms. The van der Waals surface area contributed by atoms with E-state index < -0.39 is 0 Å². The number of rotatable bonds is 3.